The quantitative estimate of drug-likeness (QED) is 0.856. The molecule has 2 bridgehead atoms. The van der Waals surface area contributed by atoms with Gasteiger partial charge in [-0.1, -0.05) is 13.8 Å². The summed E-state index contributed by atoms with van der Waals surface area (Å²) in [5.41, 5.74) is 6.90. The van der Waals surface area contributed by atoms with Crippen LogP contribution < -0.4 is 5.73 Å². The fourth-order valence-corrected chi connectivity index (χ4v) is 3.50. The normalized spacial score (nSPS) is 28.2. The van der Waals surface area contributed by atoms with E-state index in [-0.39, 0.29) is 36.0 Å². The minimum absolute atomic E-state index is 0.0783. The molecule has 1 aromatic heterocycles. The van der Waals surface area contributed by atoms with Crippen molar-refractivity contribution >= 4 is 11.9 Å². The number of nitrogens with two attached hydrogens (primary N) is 1. The van der Waals surface area contributed by atoms with E-state index >= 15 is 0 Å². The monoisotopic (exact) mass is 290 g/mol. The van der Waals surface area contributed by atoms with E-state index < -0.39 is 0 Å². The van der Waals surface area contributed by atoms with Crippen molar-refractivity contribution in [3.05, 3.63) is 17.5 Å². The summed E-state index contributed by atoms with van der Waals surface area (Å²) in [6.45, 7) is 4.02. The number of aliphatic hydroxyl groups excluding tert-OH is 1. The number of nitrogens with zero attached hydrogens (tertiary/aromatic N) is 3. The van der Waals surface area contributed by atoms with Crippen LogP contribution in [0.15, 0.2) is 6.07 Å². The molecule has 0 saturated carbocycles. The van der Waals surface area contributed by atoms with Gasteiger partial charge in [-0.3, -0.25) is 4.79 Å². The first-order chi connectivity index (χ1) is 9.95. The first-order valence-electron chi connectivity index (χ1n) is 7.61. The molecular weight excluding hydrogens is 268 g/mol. The van der Waals surface area contributed by atoms with Gasteiger partial charge in [-0.05, 0) is 37.7 Å². The Morgan fingerprint density at radius 3 is 2.52 bits per heavy atom. The molecule has 6 heteroatoms. The van der Waals surface area contributed by atoms with E-state index in [1.54, 1.807) is 6.07 Å². The van der Waals surface area contributed by atoms with Crippen LogP contribution >= 0.6 is 0 Å². The standard InChI is InChI=1S/C15H22N4O2/c1-8(2)12-7-13(18-15(16)17-12)14(21)19-9-3-4-10(19)6-11(20)5-9/h7-11,20H,3-6H2,1-2H3,(H2,16,17,18)/t9-,10+,11?. The Morgan fingerprint density at radius 1 is 1.33 bits per heavy atom. The number of hydrogen-bond acceptors (Lipinski definition) is 5. The molecule has 2 saturated heterocycles. The maximum Gasteiger partial charge on any atom is 0.273 e. The summed E-state index contributed by atoms with van der Waals surface area (Å²) < 4.78 is 0. The van der Waals surface area contributed by atoms with Crippen molar-refractivity contribution < 1.29 is 9.90 Å². The van der Waals surface area contributed by atoms with Crippen LogP contribution in [0.2, 0.25) is 0 Å². The fourth-order valence-electron chi connectivity index (χ4n) is 3.50. The van der Waals surface area contributed by atoms with Crippen molar-refractivity contribution in [1.82, 2.24) is 14.9 Å². The van der Waals surface area contributed by atoms with E-state index in [9.17, 15) is 9.90 Å². The lowest BCUT2D eigenvalue weighted by Gasteiger charge is -2.37. The van der Waals surface area contributed by atoms with E-state index in [0.29, 0.717) is 18.5 Å². The molecule has 3 heterocycles. The average molecular weight is 290 g/mol. The van der Waals surface area contributed by atoms with Gasteiger partial charge in [0, 0.05) is 17.8 Å². The minimum atomic E-state index is -0.284. The van der Waals surface area contributed by atoms with E-state index in [1.807, 2.05) is 18.7 Å². The topological polar surface area (TPSA) is 92.3 Å². The summed E-state index contributed by atoms with van der Waals surface area (Å²) >= 11 is 0. The summed E-state index contributed by atoms with van der Waals surface area (Å²) in [6, 6.07) is 2.00. The number of carbonyl (C=O) groups is 1. The molecule has 3 rings (SSSR count). The number of piperidine rings is 1. The van der Waals surface area contributed by atoms with Crippen molar-refractivity contribution in [3.63, 3.8) is 0 Å². The Morgan fingerprint density at radius 2 is 1.95 bits per heavy atom. The maximum atomic E-state index is 12.8. The second-order valence-corrected chi connectivity index (χ2v) is 6.41. The van der Waals surface area contributed by atoms with E-state index in [2.05, 4.69) is 9.97 Å². The third-order valence-corrected chi connectivity index (χ3v) is 4.52. The predicted molar refractivity (Wildman–Crippen MR) is 78.8 cm³/mol. The zero-order valence-electron chi connectivity index (χ0n) is 12.5. The van der Waals surface area contributed by atoms with Gasteiger partial charge in [0.15, 0.2) is 0 Å². The van der Waals surface area contributed by atoms with Crippen LogP contribution in [0.5, 0.6) is 0 Å². The van der Waals surface area contributed by atoms with Gasteiger partial charge in [0.05, 0.1) is 6.10 Å². The molecular formula is C15H22N4O2. The highest BCUT2D eigenvalue weighted by Crippen LogP contribution is 2.36. The molecule has 21 heavy (non-hydrogen) atoms. The molecule has 114 valence electrons. The summed E-state index contributed by atoms with van der Waals surface area (Å²) in [4.78, 5) is 23.0. The largest absolute Gasteiger partial charge is 0.393 e. The molecule has 3 atom stereocenters. The van der Waals surface area contributed by atoms with Crippen LogP contribution in [0.4, 0.5) is 5.95 Å². The first kappa shape index (κ1) is 14.3. The number of aliphatic hydroxyl groups is 1. The smallest absolute Gasteiger partial charge is 0.273 e. The Labute approximate surface area is 124 Å². The van der Waals surface area contributed by atoms with Crippen LogP contribution in [0.3, 0.4) is 0 Å². The van der Waals surface area contributed by atoms with Gasteiger partial charge in [0.25, 0.3) is 5.91 Å². The van der Waals surface area contributed by atoms with Crippen molar-refractivity contribution in [2.75, 3.05) is 5.73 Å². The Bertz CT molecular complexity index is 547. The van der Waals surface area contributed by atoms with Crippen molar-refractivity contribution in [2.45, 2.75) is 63.6 Å². The van der Waals surface area contributed by atoms with Crippen LogP contribution in [0.1, 0.15) is 61.6 Å². The van der Waals surface area contributed by atoms with Crippen LogP contribution in [-0.2, 0) is 0 Å². The molecule has 2 aliphatic heterocycles. The molecule has 0 radical (unpaired) electrons. The number of aromatic nitrogens is 2. The summed E-state index contributed by atoms with van der Waals surface area (Å²) in [6.07, 6.45) is 2.98. The van der Waals surface area contributed by atoms with Gasteiger partial charge in [-0.15, -0.1) is 0 Å². The molecule has 0 spiro atoms. The third kappa shape index (κ3) is 2.60. The van der Waals surface area contributed by atoms with Crippen molar-refractivity contribution in [3.8, 4) is 0 Å². The zero-order valence-corrected chi connectivity index (χ0v) is 12.5. The molecule has 2 aliphatic rings. The fraction of sp³-hybridized carbons (Fsp3) is 0.667. The van der Waals surface area contributed by atoms with Gasteiger partial charge in [-0.2, -0.15) is 0 Å². The number of carbonyl (C=O) groups excluding carboxylic acids is 1. The molecule has 0 aromatic carbocycles. The molecule has 1 amide bonds. The second kappa shape index (κ2) is 5.26. The Kier molecular flexibility index (Phi) is 3.57. The molecule has 1 aromatic rings. The van der Waals surface area contributed by atoms with Crippen LogP contribution in [0, 0.1) is 0 Å². The van der Waals surface area contributed by atoms with Gasteiger partial charge < -0.3 is 15.7 Å². The van der Waals surface area contributed by atoms with Gasteiger partial charge >= 0.3 is 0 Å². The van der Waals surface area contributed by atoms with Crippen molar-refractivity contribution in [2.24, 2.45) is 0 Å². The van der Waals surface area contributed by atoms with E-state index in [4.69, 9.17) is 5.73 Å². The minimum Gasteiger partial charge on any atom is -0.393 e. The van der Waals surface area contributed by atoms with E-state index in [1.165, 1.54) is 0 Å². The Hall–Kier alpha value is -1.69. The average Bonchev–Trinajstić information content (AvgIpc) is 2.69. The SMILES string of the molecule is CC(C)c1cc(C(=O)N2[C@@H]3CC[C@H]2CC(O)C3)nc(N)n1. The molecule has 2 fully saturated rings. The van der Waals surface area contributed by atoms with E-state index in [0.717, 1.165) is 18.5 Å². The highest BCUT2D eigenvalue weighted by atomic mass is 16.3. The lowest BCUT2D eigenvalue weighted by molar-refractivity contribution is 0.0282. The highest BCUT2D eigenvalue weighted by Gasteiger charge is 2.43. The maximum absolute atomic E-state index is 12.8. The van der Waals surface area contributed by atoms with Crippen LogP contribution in [-0.4, -0.2) is 44.1 Å². The number of amides is 1. The molecule has 0 aliphatic carbocycles. The molecule has 3 N–H and O–H groups in total. The summed E-state index contributed by atoms with van der Waals surface area (Å²) in [5.74, 6) is 0.265. The van der Waals surface area contributed by atoms with Gasteiger partial charge in [-0.25, -0.2) is 9.97 Å². The summed E-state index contributed by atoms with van der Waals surface area (Å²) in [7, 11) is 0. The highest BCUT2D eigenvalue weighted by molar-refractivity contribution is 5.93. The molecule has 6 nitrogen and oxygen atoms in total. The summed E-state index contributed by atoms with van der Waals surface area (Å²) in [5, 5.41) is 9.84. The van der Waals surface area contributed by atoms with Crippen molar-refractivity contribution in [1.29, 1.82) is 0 Å². The number of nitrogen functional groups attached to an aromatic ring is 1. The van der Waals surface area contributed by atoms with Crippen LogP contribution in [0.25, 0.3) is 0 Å². The predicted octanol–water partition coefficient (Wildman–Crippen LogP) is 1.31. The second-order valence-electron chi connectivity index (χ2n) is 6.41. The first-order valence-corrected chi connectivity index (χ1v) is 7.61. The Balaban J connectivity index is 1.89. The third-order valence-electron chi connectivity index (χ3n) is 4.52. The molecule has 1 unspecified atom stereocenters. The van der Waals surface area contributed by atoms with Gasteiger partial charge in [0.1, 0.15) is 5.69 Å². The lowest BCUT2D eigenvalue weighted by atomic mass is 9.99. The number of fused-ring (bicyclic) bond motifs is 2. The zero-order chi connectivity index (χ0) is 15.1. The number of rotatable bonds is 2. The number of anilines is 1. The lowest BCUT2D eigenvalue weighted by Crippen LogP contribution is -2.48. The number of hydrogen-bond donors (Lipinski definition) is 2. The van der Waals surface area contributed by atoms with Gasteiger partial charge in [0.2, 0.25) is 5.95 Å².